The Morgan fingerprint density at radius 2 is 1.93 bits per heavy atom. The number of amides is 1. The van der Waals surface area contributed by atoms with Crippen molar-refractivity contribution in [3.8, 4) is 0 Å². The van der Waals surface area contributed by atoms with Crippen LogP contribution in [0.4, 0.5) is 0 Å². The number of fused-ring (bicyclic) bond motifs is 1. The quantitative estimate of drug-likeness (QED) is 0.685. The predicted octanol–water partition coefficient (Wildman–Crippen LogP) is 2.33. The molecule has 2 spiro atoms. The summed E-state index contributed by atoms with van der Waals surface area (Å²) in [5.41, 5.74) is 0.529. The Hall–Kier alpha value is -0.180. The van der Waals surface area contributed by atoms with Crippen molar-refractivity contribution in [2.24, 2.45) is 5.41 Å². The van der Waals surface area contributed by atoms with Crippen molar-refractivity contribution in [2.45, 2.75) is 50.5 Å². The van der Waals surface area contributed by atoms with Gasteiger partial charge in [-0.15, -0.1) is 0 Å². The molecule has 2 nitrogen and oxygen atoms in total. The number of carbonyl (C=O) groups excluding carboxylic acids is 1. The van der Waals surface area contributed by atoms with E-state index in [2.05, 4.69) is 5.32 Å². The van der Waals surface area contributed by atoms with Gasteiger partial charge < -0.3 is 5.32 Å². The molecule has 1 N–H and O–H groups in total. The van der Waals surface area contributed by atoms with Gasteiger partial charge in [-0.25, -0.2) is 0 Å². The van der Waals surface area contributed by atoms with Crippen molar-refractivity contribution in [1.82, 2.24) is 5.32 Å². The number of hydrogen-bond acceptors (Lipinski definition) is 2. The van der Waals surface area contributed by atoms with Crippen LogP contribution in [0, 0.1) is 5.41 Å². The first-order valence-electron chi connectivity index (χ1n) is 6.15. The SMILES string of the molecule is O=C1CC2(CCSC2)C2(CCCCC2)N1. The van der Waals surface area contributed by atoms with Gasteiger partial charge in [0.2, 0.25) is 5.91 Å². The van der Waals surface area contributed by atoms with Gasteiger partial charge >= 0.3 is 0 Å². The van der Waals surface area contributed by atoms with Crippen LogP contribution in [0.3, 0.4) is 0 Å². The average molecular weight is 225 g/mol. The van der Waals surface area contributed by atoms with Crippen LogP contribution in [0.1, 0.15) is 44.9 Å². The zero-order valence-electron chi connectivity index (χ0n) is 9.18. The molecular weight excluding hydrogens is 206 g/mol. The molecule has 1 amide bonds. The van der Waals surface area contributed by atoms with E-state index in [1.54, 1.807) is 0 Å². The van der Waals surface area contributed by atoms with Gasteiger partial charge in [0, 0.05) is 23.1 Å². The van der Waals surface area contributed by atoms with Crippen LogP contribution in [-0.4, -0.2) is 23.0 Å². The molecule has 1 unspecified atom stereocenters. The largest absolute Gasteiger partial charge is 0.350 e. The van der Waals surface area contributed by atoms with Crippen molar-refractivity contribution < 1.29 is 4.79 Å². The van der Waals surface area contributed by atoms with E-state index in [0.717, 1.165) is 6.42 Å². The summed E-state index contributed by atoms with van der Waals surface area (Å²) in [6.07, 6.45) is 8.52. The smallest absolute Gasteiger partial charge is 0.221 e. The zero-order chi connectivity index (χ0) is 10.4. The minimum absolute atomic E-state index is 0.200. The monoisotopic (exact) mass is 225 g/mol. The van der Waals surface area contributed by atoms with E-state index >= 15 is 0 Å². The summed E-state index contributed by atoms with van der Waals surface area (Å²) < 4.78 is 0. The Kier molecular flexibility index (Phi) is 2.27. The Balaban J connectivity index is 1.93. The highest BCUT2D eigenvalue weighted by molar-refractivity contribution is 7.99. The maximum Gasteiger partial charge on any atom is 0.221 e. The van der Waals surface area contributed by atoms with E-state index < -0.39 is 0 Å². The van der Waals surface area contributed by atoms with E-state index in [9.17, 15) is 4.79 Å². The standard InChI is InChI=1S/C12H19NOS/c14-10-8-11(6-7-15-9-11)12(13-10)4-2-1-3-5-12/h1-9H2,(H,13,14). The molecule has 0 bridgehead atoms. The molecule has 1 aliphatic carbocycles. The highest BCUT2D eigenvalue weighted by Gasteiger charge is 2.58. The number of rotatable bonds is 0. The summed E-state index contributed by atoms with van der Waals surface area (Å²) in [4.78, 5) is 11.8. The predicted molar refractivity (Wildman–Crippen MR) is 63.0 cm³/mol. The van der Waals surface area contributed by atoms with Crippen LogP contribution >= 0.6 is 11.8 Å². The second-order valence-electron chi connectivity index (χ2n) is 5.45. The summed E-state index contributed by atoms with van der Waals surface area (Å²) in [6, 6.07) is 0. The highest BCUT2D eigenvalue weighted by atomic mass is 32.2. The van der Waals surface area contributed by atoms with Gasteiger partial charge in [0.1, 0.15) is 0 Å². The Morgan fingerprint density at radius 1 is 1.13 bits per heavy atom. The molecule has 3 aliphatic rings. The lowest BCUT2D eigenvalue weighted by Crippen LogP contribution is -2.53. The Bertz CT molecular complexity index is 277. The Morgan fingerprint density at radius 3 is 2.60 bits per heavy atom. The average Bonchev–Trinajstić information content (AvgIpc) is 2.77. The third-order valence-corrected chi connectivity index (χ3v) is 5.95. The molecule has 1 atom stereocenters. The van der Waals surface area contributed by atoms with Crippen LogP contribution in [0.15, 0.2) is 0 Å². The molecule has 3 heteroatoms. The number of hydrogen-bond donors (Lipinski definition) is 1. The normalized spacial score (nSPS) is 38.8. The molecule has 3 fully saturated rings. The fourth-order valence-electron chi connectivity index (χ4n) is 3.85. The maximum atomic E-state index is 11.8. The lowest BCUT2D eigenvalue weighted by molar-refractivity contribution is -0.120. The van der Waals surface area contributed by atoms with Gasteiger partial charge in [-0.05, 0) is 25.0 Å². The van der Waals surface area contributed by atoms with E-state index in [0.29, 0.717) is 11.3 Å². The molecule has 84 valence electrons. The van der Waals surface area contributed by atoms with Gasteiger partial charge in [0.05, 0.1) is 0 Å². The highest BCUT2D eigenvalue weighted by Crippen LogP contribution is 2.55. The van der Waals surface area contributed by atoms with E-state index in [4.69, 9.17) is 0 Å². The summed E-state index contributed by atoms with van der Waals surface area (Å²) in [6.45, 7) is 0. The molecule has 2 saturated heterocycles. The van der Waals surface area contributed by atoms with Crippen molar-refractivity contribution in [2.75, 3.05) is 11.5 Å². The van der Waals surface area contributed by atoms with E-state index in [-0.39, 0.29) is 5.54 Å². The number of thioether (sulfide) groups is 1. The molecule has 15 heavy (non-hydrogen) atoms. The summed E-state index contributed by atoms with van der Waals surface area (Å²) in [7, 11) is 0. The van der Waals surface area contributed by atoms with Crippen molar-refractivity contribution in [3.05, 3.63) is 0 Å². The third-order valence-electron chi connectivity index (χ3n) is 4.70. The third kappa shape index (κ3) is 1.35. The van der Waals surface area contributed by atoms with Crippen LogP contribution < -0.4 is 5.32 Å². The molecule has 3 rings (SSSR count). The zero-order valence-corrected chi connectivity index (χ0v) is 10.00. The van der Waals surface area contributed by atoms with Crippen LogP contribution in [0.2, 0.25) is 0 Å². The second-order valence-corrected chi connectivity index (χ2v) is 6.56. The van der Waals surface area contributed by atoms with E-state index in [1.165, 1.54) is 50.0 Å². The fourth-order valence-corrected chi connectivity index (χ4v) is 5.45. The van der Waals surface area contributed by atoms with Gasteiger partial charge in [0.25, 0.3) is 0 Å². The molecule has 0 radical (unpaired) electrons. The molecule has 2 heterocycles. The first-order valence-corrected chi connectivity index (χ1v) is 7.31. The summed E-state index contributed by atoms with van der Waals surface area (Å²) >= 11 is 2.05. The van der Waals surface area contributed by atoms with Crippen molar-refractivity contribution in [1.29, 1.82) is 0 Å². The van der Waals surface area contributed by atoms with E-state index in [1.807, 2.05) is 11.8 Å². The molecular formula is C12H19NOS. The lowest BCUT2D eigenvalue weighted by Gasteiger charge is -2.45. The first-order chi connectivity index (χ1) is 7.27. The molecule has 0 aromatic heterocycles. The minimum atomic E-state index is 0.200. The van der Waals surface area contributed by atoms with Gasteiger partial charge in [-0.3, -0.25) is 4.79 Å². The van der Waals surface area contributed by atoms with Crippen LogP contribution in [0.25, 0.3) is 0 Å². The van der Waals surface area contributed by atoms with Gasteiger partial charge in [-0.1, -0.05) is 19.3 Å². The summed E-state index contributed by atoms with van der Waals surface area (Å²) in [5.74, 6) is 2.79. The second kappa shape index (κ2) is 3.41. The summed E-state index contributed by atoms with van der Waals surface area (Å²) in [5, 5.41) is 3.35. The van der Waals surface area contributed by atoms with Crippen LogP contribution in [0.5, 0.6) is 0 Å². The number of nitrogens with one attached hydrogen (secondary N) is 1. The maximum absolute atomic E-state index is 11.8. The Labute approximate surface area is 95.6 Å². The minimum Gasteiger partial charge on any atom is -0.350 e. The molecule has 2 aliphatic heterocycles. The molecule has 0 aromatic rings. The van der Waals surface area contributed by atoms with Crippen molar-refractivity contribution >= 4 is 17.7 Å². The van der Waals surface area contributed by atoms with Crippen molar-refractivity contribution in [3.63, 3.8) is 0 Å². The van der Waals surface area contributed by atoms with Gasteiger partial charge in [0.15, 0.2) is 0 Å². The number of carbonyl (C=O) groups is 1. The first kappa shape index (κ1) is 10.0. The lowest BCUT2D eigenvalue weighted by atomic mass is 9.63. The molecule has 0 aromatic carbocycles. The topological polar surface area (TPSA) is 29.1 Å². The van der Waals surface area contributed by atoms with Gasteiger partial charge in [-0.2, -0.15) is 11.8 Å². The molecule has 1 saturated carbocycles. The fraction of sp³-hybridized carbons (Fsp3) is 0.917. The van der Waals surface area contributed by atoms with Crippen LogP contribution in [-0.2, 0) is 4.79 Å².